The number of aryl methyl sites for hydroxylation is 2. The Balaban J connectivity index is 0.00000363. The third-order valence-electron chi connectivity index (χ3n) is 6.17. The van der Waals surface area contributed by atoms with Gasteiger partial charge in [0.15, 0.2) is 0 Å². The molecule has 3 rings (SSSR count). The molecule has 1 heterocycles. The minimum absolute atomic E-state index is 0. The predicted molar refractivity (Wildman–Crippen MR) is 133 cm³/mol. The van der Waals surface area contributed by atoms with Crippen molar-refractivity contribution in [1.82, 2.24) is 0 Å². The van der Waals surface area contributed by atoms with Crippen molar-refractivity contribution in [2.45, 2.75) is 85.0 Å². The number of hydrogen-bond acceptors (Lipinski definition) is 0. The van der Waals surface area contributed by atoms with Gasteiger partial charge in [-0.2, -0.15) is 0 Å². The molecule has 3 heteroatoms. The molecule has 2 aromatic carbocycles. The molecule has 1 aliphatic heterocycles. The summed E-state index contributed by atoms with van der Waals surface area (Å²) in [6, 6.07) is 17.4. The quantitative estimate of drug-likeness (QED) is 0.167. The standard InChI is InChI=1S/C29H38N2.Ni/c1-4-7-10-14-24-16-12-19-26(21-24)29-27(17-9-6-3)22-28(31(29)30)25-18-11-15-23(20-25)13-8-5-2;/h11-12,15-16,18-22H,4-10,13-14,17H2,1-3H3;. The van der Waals surface area contributed by atoms with Crippen LogP contribution in [-0.4, -0.2) is 4.70 Å². The SMILES string of the molecule is CCCCCc1cccc(C2=C(CCCC)C=C(c3cccc(CCCC)c3)[N+]2=[N-])c1.[Ni]. The summed E-state index contributed by atoms with van der Waals surface area (Å²) in [5.74, 6) is 0. The summed E-state index contributed by atoms with van der Waals surface area (Å²) < 4.78 is 1.44. The number of benzene rings is 2. The first-order chi connectivity index (χ1) is 15.2. The average Bonchev–Trinajstić information content (AvgIpc) is 3.13. The van der Waals surface area contributed by atoms with Crippen LogP contribution in [0.25, 0.3) is 16.9 Å². The summed E-state index contributed by atoms with van der Waals surface area (Å²) in [5, 5.41) is 0. The third-order valence-corrected chi connectivity index (χ3v) is 6.17. The fourth-order valence-electron chi connectivity index (χ4n) is 4.34. The zero-order valence-electron chi connectivity index (χ0n) is 20.0. The van der Waals surface area contributed by atoms with Gasteiger partial charge in [0.05, 0.1) is 0 Å². The summed E-state index contributed by atoms with van der Waals surface area (Å²) >= 11 is 0. The van der Waals surface area contributed by atoms with Gasteiger partial charge in [-0.15, -0.1) is 0 Å². The van der Waals surface area contributed by atoms with Crippen LogP contribution in [-0.2, 0) is 29.3 Å². The van der Waals surface area contributed by atoms with Crippen molar-refractivity contribution in [1.29, 1.82) is 0 Å². The molecule has 32 heavy (non-hydrogen) atoms. The Kier molecular flexibility index (Phi) is 11.1. The van der Waals surface area contributed by atoms with Gasteiger partial charge in [-0.3, -0.25) is 0 Å². The molecule has 0 fully saturated rings. The fraction of sp³-hybridized carbons (Fsp3) is 0.448. The molecule has 0 saturated heterocycles. The zero-order chi connectivity index (χ0) is 22.1. The molecule has 2 aromatic rings. The van der Waals surface area contributed by atoms with E-state index < -0.39 is 0 Å². The van der Waals surface area contributed by atoms with Crippen LogP contribution in [0.5, 0.6) is 0 Å². The van der Waals surface area contributed by atoms with Crippen LogP contribution in [0, 0.1) is 0 Å². The second kappa shape index (κ2) is 13.5. The Labute approximate surface area is 205 Å². The smallest absolute Gasteiger partial charge is 0.210 e. The van der Waals surface area contributed by atoms with E-state index in [4.69, 9.17) is 0 Å². The van der Waals surface area contributed by atoms with Gasteiger partial charge in [0.1, 0.15) is 0 Å². The predicted octanol–water partition coefficient (Wildman–Crippen LogP) is 8.75. The van der Waals surface area contributed by atoms with Crippen molar-refractivity contribution in [2.24, 2.45) is 0 Å². The Hall–Kier alpha value is -1.99. The molecule has 1 aliphatic rings. The third kappa shape index (κ3) is 6.75. The summed E-state index contributed by atoms with van der Waals surface area (Å²) in [7, 11) is 0. The van der Waals surface area contributed by atoms with E-state index in [-0.39, 0.29) is 16.5 Å². The van der Waals surface area contributed by atoms with Crippen LogP contribution in [0.15, 0.2) is 60.2 Å². The molecule has 0 radical (unpaired) electrons. The Bertz CT molecular complexity index is 955. The number of nitrogens with zero attached hydrogens (tertiary/aromatic N) is 2. The number of hydrogen-bond donors (Lipinski definition) is 0. The minimum Gasteiger partial charge on any atom is -0.493 e. The zero-order valence-corrected chi connectivity index (χ0v) is 21.0. The normalized spacial score (nSPS) is 13.3. The first-order valence-corrected chi connectivity index (χ1v) is 12.3. The van der Waals surface area contributed by atoms with Gasteiger partial charge in [-0.25, -0.2) is 4.70 Å². The van der Waals surface area contributed by atoms with Gasteiger partial charge in [-0.05, 0) is 73.9 Å². The van der Waals surface area contributed by atoms with Crippen LogP contribution in [0.1, 0.15) is 94.4 Å². The van der Waals surface area contributed by atoms with Gasteiger partial charge in [0, 0.05) is 39.3 Å². The fourth-order valence-corrected chi connectivity index (χ4v) is 4.34. The van der Waals surface area contributed by atoms with Gasteiger partial charge >= 0.3 is 0 Å². The van der Waals surface area contributed by atoms with Gasteiger partial charge < -0.3 is 5.53 Å². The Morgan fingerprint density at radius 2 is 1.25 bits per heavy atom. The Morgan fingerprint density at radius 3 is 1.91 bits per heavy atom. The molecule has 0 bridgehead atoms. The van der Waals surface area contributed by atoms with Crippen molar-refractivity contribution >= 4 is 11.4 Å². The van der Waals surface area contributed by atoms with Crippen molar-refractivity contribution < 1.29 is 21.2 Å². The molecule has 0 saturated carbocycles. The Morgan fingerprint density at radius 1 is 0.688 bits per heavy atom. The molecule has 0 amide bonds. The molecule has 174 valence electrons. The molecule has 0 N–H and O–H groups in total. The molecular formula is C29H38N2Ni. The van der Waals surface area contributed by atoms with Gasteiger partial charge in [0.25, 0.3) is 0 Å². The molecule has 2 nitrogen and oxygen atoms in total. The first-order valence-electron chi connectivity index (χ1n) is 12.3. The van der Waals surface area contributed by atoms with Gasteiger partial charge in [-0.1, -0.05) is 70.7 Å². The van der Waals surface area contributed by atoms with Crippen molar-refractivity contribution in [2.75, 3.05) is 0 Å². The molecule has 0 spiro atoms. The average molecular weight is 473 g/mol. The van der Waals surface area contributed by atoms with E-state index >= 15 is 0 Å². The summed E-state index contributed by atoms with van der Waals surface area (Å²) in [6.45, 7) is 6.70. The maximum Gasteiger partial charge on any atom is 0.210 e. The van der Waals surface area contributed by atoms with E-state index in [2.05, 4.69) is 75.4 Å². The van der Waals surface area contributed by atoms with Crippen LogP contribution < -0.4 is 0 Å². The monoisotopic (exact) mass is 472 g/mol. The van der Waals surface area contributed by atoms with E-state index in [0.29, 0.717) is 0 Å². The van der Waals surface area contributed by atoms with E-state index in [1.54, 1.807) is 0 Å². The molecule has 0 aromatic heterocycles. The van der Waals surface area contributed by atoms with E-state index in [1.165, 1.54) is 53.5 Å². The number of unbranched alkanes of at least 4 members (excludes halogenated alkanes) is 4. The molecule has 0 atom stereocenters. The maximum absolute atomic E-state index is 11.3. The van der Waals surface area contributed by atoms with Crippen molar-refractivity contribution in [3.63, 3.8) is 0 Å². The summed E-state index contributed by atoms with van der Waals surface area (Å²) in [4.78, 5) is 0. The molecule has 0 aliphatic carbocycles. The van der Waals surface area contributed by atoms with Gasteiger partial charge in [0.2, 0.25) is 11.4 Å². The number of rotatable bonds is 12. The van der Waals surface area contributed by atoms with Crippen LogP contribution in [0.2, 0.25) is 0 Å². The topological polar surface area (TPSA) is 25.3 Å². The number of allylic oxidation sites excluding steroid dienone is 2. The van der Waals surface area contributed by atoms with Crippen molar-refractivity contribution in [3.8, 4) is 0 Å². The molecule has 0 unspecified atom stereocenters. The van der Waals surface area contributed by atoms with E-state index in [9.17, 15) is 5.53 Å². The van der Waals surface area contributed by atoms with E-state index in [1.807, 2.05) is 0 Å². The molecular weight excluding hydrogens is 435 g/mol. The first kappa shape index (κ1) is 26.3. The van der Waals surface area contributed by atoms with Crippen LogP contribution in [0.3, 0.4) is 0 Å². The summed E-state index contributed by atoms with van der Waals surface area (Å²) in [5.41, 5.74) is 19.3. The minimum atomic E-state index is 0. The second-order valence-corrected chi connectivity index (χ2v) is 8.78. The second-order valence-electron chi connectivity index (χ2n) is 8.78. The van der Waals surface area contributed by atoms with Crippen molar-refractivity contribution in [3.05, 3.63) is 88.0 Å². The largest absolute Gasteiger partial charge is 0.493 e. The maximum atomic E-state index is 11.3. The van der Waals surface area contributed by atoms with Crippen LogP contribution >= 0.6 is 0 Å². The van der Waals surface area contributed by atoms with E-state index in [0.717, 1.165) is 54.6 Å². The van der Waals surface area contributed by atoms with Crippen LogP contribution in [0.4, 0.5) is 0 Å². The summed E-state index contributed by atoms with van der Waals surface area (Å²) in [6.07, 6.45) is 13.8.